The summed E-state index contributed by atoms with van der Waals surface area (Å²) in [7, 11) is 0. The van der Waals surface area contributed by atoms with Gasteiger partial charge in [-0.25, -0.2) is 9.97 Å². The first-order chi connectivity index (χ1) is 15.7. The van der Waals surface area contributed by atoms with Gasteiger partial charge in [0.05, 0.1) is 25.1 Å². The van der Waals surface area contributed by atoms with E-state index in [0.717, 1.165) is 0 Å². The van der Waals surface area contributed by atoms with Crippen LogP contribution in [0, 0.1) is 0 Å². The molecular formula is C18H25N9O6. The number of hydrogen-bond acceptors (Lipinski definition) is 8. The SMILES string of the molecule is NC(=O)CC(N)C(=O)NC(Cc1cnc[nH]1)C(=O)NC(Cc1cnc[nH]1)C(=O)NCC(=O)O. The summed E-state index contributed by atoms with van der Waals surface area (Å²) in [5.74, 6) is -4.35. The van der Waals surface area contributed by atoms with E-state index in [1.54, 1.807) is 0 Å². The van der Waals surface area contributed by atoms with Crippen LogP contribution in [0.3, 0.4) is 0 Å². The van der Waals surface area contributed by atoms with Gasteiger partial charge in [0.1, 0.15) is 18.6 Å². The first-order valence-corrected chi connectivity index (χ1v) is 9.74. The standard InChI is InChI=1S/C18H25N9O6/c19-11(3-14(20)28)16(31)26-13(2-10-5-22-8-25-10)18(33)27-12(1-9-4-21-7-24-9)17(32)23-6-15(29)30/h4-5,7-8,11-13H,1-3,6,19H2,(H2,20,28)(H,21,24)(H,22,25)(H,23,32)(H,26,31)(H,27,33)(H,29,30). The fourth-order valence-corrected chi connectivity index (χ4v) is 2.80. The minimum Gasteiger partial charge on any atom is -0.480 e. The Hall–Kier alpha value is -4.27. The van der Waals surface area contributed by atoms with Crippen LogP contribution in [0.4, 0.5) is 0 Å². The zero-order valence-corrected chi connectivity index (χ0v) is 17.4. The maximum Gasteiger partial charge on any atom is 0.322 e. The number of aromatic amines is 2. The topological polar surface area (TPSA) is 251 Å². The van der Waals surface area contributed by atoms with Gasteiger partial charge >= 0.3 is 5.97 Å². The molecule has 0 spiro atoms. The quantitative estimate of drug-likeness (QED) is 0.145. The van der Waals surface area contributed by atoms with E-state index >= 15 is 0 Å². The van der Waals surface area contributed by atoms with Crippen molar-refractivity contribution in [2.75, 3.05) is 6.54 Å². The molecule has 0 saturated heterocycles. The number of carbonyl (C=O) groups is 5. The summed E-state index contributed by atoms with van der Waals surface area (Å²) in [6, 6.07) is -3.66. The second kappa shape index (κ2) is 11.9. The van der Waals surface area contributed by atoms with Crippen molar-refractivity contribution in [2.24, 2.45) is 11.5 Å². The molecule has 4 amide bonds. The molecule has 15 nitrogen and oxygen atoms in total. The molecule has 0 saturated carbocycles. The van der Waals surface area contributed by atoms with Crippen molar-refractivity contribution in [1.29, 1.82) is 0 Å². The Morgan fingerprint density at radius 1 is 0.909 bits per heavy atom. The lowest BCUT2D eigenvalue weighted by atomic mass is 10.1. The average Bonchev–Trinajstić information content (AvgIpc) is 3.44. The number of rotatable bonds is 13. The third-order valence-electron chi connectivity index (χ3n) is 4.40. The maximum atomic E-state index is 13.0. The van der Waals surface area contributed by atoms with Gasteiger partial charge in [0, 0.05) is 36.6 Å². The summed E-state index contributed by atoms with van der Waals surface area (Å²) in [4.78, 5) is 73.0. The summed E-state index contributed by atoms with van der Waals surface area (Å²) >= 11 is 0. The van der Waals surface area contributed by atoms with Crippen LogP contribution >= 0.6 is 0 Å². The van der Waals surface area contributed by atoms with Gasteiger partial charge in [-0.3, -0.25) is 24.0 Å². The zero-order valence-electron chi connectivity index (χ0n) is 17.4. The first kappa shape index (κ1) is 25.0. The van der Waals surface area contributed by atoms with Crippen molar-refractivity contribution in [1.82, 2.24) is 35.9 Å². The number of primary amides is 1. The Balaban J connectivity index is 2.17. The fraction of sp³-hybridized carbons (Fsp3) is 0.389. The van der Waals surface area contributed by atoms with E-state index in [2.05, 4.69) is 35.9 Å². The van der Waals surface area contributed by atoms with Crippen LogP contribution in [0.25, 0.3) is 0 Å². The normalized spacial score (nSPS) is 13.4. The van der Waals surface area contributed by atoms with E-state index in [-0.39, 0.29) is 12.8 Å². The van der Waals surface area contributed by atoms with Crippen LogP contribution in [0.15, 0.2) is 25.0 Å². The molecule has 0 fully saturated rings. The van der Waals surface area contributed by atoms with E-state index in [0.29, 0.717) is 11.4 Å². The number of H-pyrrole nitrogens is 2. The lowest BCUT2D eigenvalue weighted by Crippen LogP contribution is -2.57. The molecule has 0 bridgehead atoms. The number of carboxylic acid groups (broad SMARTS) is 1. The molecule has 0 aliphatic rings. The Kier molecular flexibility index (Phi) is 9.05. The van der Waals surface area contributed by atoms with Crippen molar-refractivity contribution in [2.45, 2.75) is 37.4 Å². The van der Waals surface area contributed by atoms with Gasteiger partial charge in [0.2, 0.25) is 23.6 Å². The number of nitrogens with zero attached hydrogens (tertiary/aromatic N) is 2. The Labute approximate surface area is 187 Å². The molecule has 2 rings (SSSR count). The minimum atomic E-state index is -1.28. The molecule has 33 heavy (non-hydrogen) atoms. The summed E-state index contributed by atoms with van der Waals surface area (Å²) in [5, 5.41) is 16.0. The molecule has 0 aromatic carbocycles. The number of aliphatic carboxylic acids is 1. The monoisotopic (exact) mass is 463 g/mol. The smallest absolute Gasteiger partial charge is 0.322 e. The van der Waals surface area contributed by atoms with Crippen LogP contribution in [-0.2, 0) is 36.8 Å². The number of amides is 4. The van der Waals surface area contributed by atoms with E-state index in [9.17, 15) is 24.0 Å². The highest BCUT2D eigenvalue weighted by atomic mass is 16.4. The minimum absolute atomic E-state index is 0.0247. The number of nitrogens with two attached hydrogens (primary N) is 2. The highest BCUT2D eigenvalue weighted by molar-refractivity contribution is 5.94. The summed E-state index contributed by atoms with van der Waals surface area (Å²) < 4.78 is 0. The zero-order chi connectivity index (χ0) is 24.4. The largest absolute Gasteiger partial charge is 0.480 e. The summed E-state index contributed by atoms with van der Waals surface area (Å²) in [6.07, 6.45) is 5.16. The second-order valence-corrected chi connectivity index (χ2v) is 7.07. The number of carboxylic acids is 1. The van der Waals surface area contributed by atoms with E-state index in [1.807, 2.05) is 0 Å². The molecule has 10 N–H and O–H groups in total. The molecule has 3 atom stereocenters. The number of carbonyl (C=O) groups excluding carboxylic acids is 4. The predicted octanol–water partition coefficient (Wildman–Crippen LogP) is -3.71. The summed E-state index contributed by atoms with van der Waals surface area (Å²) in [5.41, 5.74) is 11.7. The molecule has 0 radical (unpaired) electrons. The fourth-order valence-electron chi connectivity index (χ4n) is 2.80. The van der Waals surface area contributed by atoms with Crippen molar-refractivity contribution in [3.05, 3.63) is 36.4 Å². The van der Waals surface area contributed by atoms with Gasteiger partial charge in [-0.05, 0) is 0 Å². The third-order valence-corrected chi connectivity index (χ3v) is 4.40. The van der Waals surface area contributed by atoms with E-state index in [1.165, 1.54) is 25.0 Å². The highest BCUT2D eigenvalue weighted by Crippen LogP contribution is 2.04. The lowest BCUT2D eigenvalue weighted by Gasteiger charge is -2.23. The average molecular weight is 463 g/mol. The van der Waals surface area contributed by atoms with Crippen LogP contribution in [-0.4, -0.2) is 79.3 Å². The van der Waals surface area contributed by atoms with Gasteiger partial charge in [0.25, 0.3) is 0 Å². The first-order valence-electron chi connectivity index (χ1n) is 9.74. The lowest BCUT2D eigenvalue weighted by molar-refractivity contribution is -0.138. The molecule has 3 unspecified atom stereocenters. The second-order valence-electron chi connectivity index (χ2n) is 7.07. The predicted molar refractivity (Wildman–Crippen MR) is 111 cm³/mol. The number of aromatic nitrogens is 4. The third kappa shape index (κ3) is 8.41. The Bertz CT molecular complexity index is 960. The molecule has 2 aromatic heterocycles. The highest BCUT2D eigenvalue weighted by Gasteiger charge is 2.29. The maximum absolute atomic E-state index is 13.0. The number of imidazole rings is 2. The van der Waals surface area contributed by atoms with E-state index < -0.39 is 60.7 Å². The summed E-state index contributed by atoms with van der Waals surface area (Å²) in [6.45, 7) is -0.648. The van der Waals surface area contributed by atoms with E-state index in [4.69, 9.17) is 16.6 Å². The molecule has 2 aromatic rings. The Morgan fingerprint density at radius 3 is 1.88 bits per heavy atom. The molecule has 0 aliphatic carbocycles. The van der Waals surface area contributed by atoms with Crippen LogP contribution in [0.1, 0.15) is 17.8 Å². The Morgan fingerprint density at radius 2 is 1.42 bits per heavy atom. The van der Waals surface area contributed by atoms with Crippen molar-refractivity contribution in [3.8, 4) is 0 Å². The van der Waals surface area contributed by atoms with Gasteiger partial charge < -0.3 is 42.5 Å². The molecular weight excluding hydrogens is 438 g/mol. The van der Waals surface area contributed by atoms with Gasteiger partial charge in [-0.15, -0.1) is 0 Å². The van der Waals surface area contributed by atoms with Crippen LogP contribution in [0.2, 0.25) is 0 Å². The van der Waals surface area contributed by atoms with Crippen molar-refractivity contribution in [3.63, 3.8) is 0 Å². The number of hydrogen-bond donors (Lipinski definition) is 8. The van der Waals surface area contributed by atoms with Crippen molar-refractivity contribution < 1.29 is 29.1 Å². The van der Waals surface area contributed by atoms with Crippen LogP contribution < -0.4 is 27.4 Å². The molecule has 2 heterocycles. The molecule has 178 valence electrons. The van der Waals surface area contributed by atoms with Crippen molar-refractivity contribution >= 4 is 29.6 Å². The number of nitrogens with one attached hydrogen (secondary N) is 5. The van der Waals surface area contributed by atoms with Crippen LogP contribution in [0.5, 0.6) is 0 Å². The molecule has 0 aliphatic heterocycles. The van der Waals surface area contributed by atoms with Gasteiger partial charge in [-0.1, -0.05) is 0 Å². The van der Waals surface area contributed by atoms with Gasteiger partial charge in [0.15, 0.2) is 0 Å². The van der Waals surface area contributed by atoms with Gasteiger partial charge in [-0.2, -0.15) is 0 Å². The molecule has 15 heteroatoms.